The van der Waals surface area contributed by atoms with Gasteiger partial charge in [0, 0.05) is 20.1 Å². The quantitative estimate of drug-likeness (QED) is 0.846. The number of hydrogen-bond acceptors (Lipinski definition) is 4. The maximum Gasteiger partial charge on any atom is 0.202 e. The van der Waals surface area contributed by atoms with E-state index in [1.165, 1.54) is 13.0 Å². The molecule has 0 amide bonds. The molecule has 0 bridgehead atoms. The zero-order valence-electron chi connectivity index (χ0n) is 11.2. The number of nitrogens with zero attached hydrogens (tertiary/aromatic N) is 5. The van der Waals surface area contributed by atoms with Crippen LogP contribution in [-0.4, -0.2) is 44.4 Å². The van der Waals surface area contributed by atoms with Crippen LogP contribution in [0.15, 0.2) is 0 Å². The molecule has 0 spiro atoms. The van der Waals surface area contributed by atoms with Gasteiger partial charge in [-0.2, -0.15) is 5.10 Å². The van der Waals surface area contributed by atoms with Gasteiger partial charge in [0.25, 0.3) is 0 Å². The van der Waals surface area contributed by atoms with Crippen molar-refractivity contribution in [3.8, 4) is 0 Å². The van der Waals surface area contributed by atoms with Crippen LogP contribution in [0.2, 0.25) is 0 Å². The van der Waals surface area contributed by atoms with Crippen molar-refractivity contribution in [3.05, 3.63) is 5.69 Å². The van der Waals surface area contributed by atoms with Crippen LogP contribution in [0.3, 0.4) is 0 Å². The number of rotatable bonds is 2. The average molecular weight is 248 g/mol. The standard InChI is InChI=1S/C12H20N6/c1-8-10-11(17(3)15-8)18(12(13)14-10)7-9-4-5-16(2)6-9/h9H,4-7H2,1-3H3,(H2,13,14). The highest BCUT2D eigenvalue weighted by molar-refractivity contribution is 5.77. The normalized spacial score (nSPS) is 21.2. The number of nitrogens with two attached hydrogens (primary N) is 1. The van der Waals surface area contributed by atoms with E-state index in [0.717, 1.165) is 29.9 Å². The van der Waals surface area contributed by atoms with E-state index in [2.05, 4.69) is 26.6 Å². The molecular weight excluding hydrogens is 228 g/mol. The van der Waals surface area contributed by atoms with Crippen LogP contribution in [-0.2, 0) is 13.6 Å². The van der Waals surface area contributed by atoms with Gasteiger partial charge in [-0.15, -0.1) is 0 Å². The molecule has 2 aromatic heterocycles. The topological polar surface area (TPSA) is 64.9 Å². The third-order valence-electron chi connectivity index (χ3n) is 3.85. The maximum atomic E-state index is 6.05. The molecule has 0 aliphatic carbocycles. The van der Waals surface area contributed by atoms with Crippen LogP contribution in [0.5, 0.6) is 0 Å². The molecule has 1 saturated heterocycles. The third-order valence-corrected chi connectivity index (χ3v) is 3.85. The smallest absolute Gasteiger partial charge is 0.202 e. The minimum Gasteiger partial charge on any atom is -0.369 e. The van der Waals surface area contributed by atoms with Crippen molar-refractivity contribution in [2.75, 3.05) is 25.9 Å². The summed E-state index contributed by atoms with van der Waals surface area (Å²) in [5, 5.41) is 4.41. The number of aryl methyl sites for hydroxylation is 2. The molecule has 1 atom stereocenters. The van der Waals surface area contributed by atoms with Crippen molar-refractivity contribution in [1.82, 2.24) is 24.2 Å². The highest BCUT2D eigenvalue weighted by Gasteiger charge is 2.23. The lowest BCUT2D eigenvalue weighted by molar-refractivity contribution is 0.380. The number of aromatic nitrogens is 4. The Morgan fingerprint density at radius 3 is 2.83 bits per heavy atom. The number of anilines is 1. The minimum absolute atomic E-state index is 0.607. The first-order chi connectivity index (χ1) is 8.56. The van der Waals surface area contributed by atoms with Crippen LogP contribution in [0, 0.1) is 12.8 Å². The van der Waals surface area contributed by atoms with Gasteiger partial charge in [-0.05, 0) is 32.9 Å². The number of imidazole rings is 1. The molecule has 1 aliphatic rings. The van der Waals surface area contributed by atoms with Crippen LogP contribution in [0.1, 0.15) is 12.1 Å². The molecule has 2 aromatic rings. The maximum absolute atomic E-state index is 6.05. The Morgan fingerprint density at radius 1 is 1.39 bits per heavy atom. The molecule has 3 rings (SSSR count). The zero-order valence-corrected chi connectivity index (χ0v) is 11.2. The van der Waals surface area contributed by atoms with Crippen LogP contribution in [0.4, 0.5) is 5.95 Å². The van der Waals surface area contributed by atoms with Crippen molar-refractivity contribution < 1.29 is 0 Å². The van der Waals surface area contributed by atoms with Gasteiger partial charge in [0.05, 0.1) is 5.69 Å². The minimum atomic E-state index is 0.607. The second kappa shape index (κ2) is 3.98. The van der Waals surface area contributed by atoms with Gasteiger partial charge in [-0.1, -0.05) is 0 Å². The van der Waals surface area contributed by atoms with Gasteiger partial charge >= 0.3 is 0 Å². The summed E-state index contributed by atoms with van der Waals surface area (Å²) >= 11 is 0. The van der Waals surface area contributed by atoms with Gasteiger partial charge in [0.15, 0.2) is 5.65 Å². The second-order valence-electron chi connectivity index (χ2n) is 5.38. The molecule has 98 valence electrons. The van der Waals surface area contributed by atoms with E-state index in [0.29, 0.717) is 11.9 Å². The summed E-state index contributed by atoms with van der Waals surface area (Å²) in [5.41, 5.74) is 8.96. The van der Waals surface area contributed by atoms with Crippen molar-refractivity contribution in [3.63, 3.8) is 0 Å². The molecule has 2 N–H and O–H groups in total. The molecule has 0 radical (unpaired) electrons. The average Bonchev–Trinajstić information content (AvgIpc) is 2.91. The van der Waals surface area contributed by atoms with Gasteiger partial charge in [-0.25, -0.2) is 4.98 Å². The summed E-state index contributed by atoms with van der Waals surface area (Å²) in [6.07, 6.45) is 1.23. The molecule has 1 fully saturated rings. The fourth-order valence-corrected chi connectivity index (χ4v) is 2.97. The van der Waals surface area contributed by atoms with Crippen molar-refractivity contribution in [1.29, 1.82) is 0 Å². The van der Waals surface area contributed by atoms with E-state index in [4.69, 9.17) is 5.73 Å². The van der Waals surface area contributed by atoms with Gasteiger partial charge in [0.1, 0.15) is 5.52 Å². The van der Waals surface area contributed by atoms with E-state index in [1.807, 2.05) is 18.7 Å². The van der Waals surface area contributed by atoms with E-state index in [-0.39, 0.29) is 0 Å². The summed E-state index contributed by atoms with van der Waals surface area (Å²) < 4.78 is 3.99. The first kappa shape index (κ1) is 11.5. The van der Waals surface area contributed by atoms with E-state index in [9.17, 15) is 0 Å². The van der Waals surface area contributed by atoms with Crippen LogP contribution in [0.25, 0.3) is 11.2 Å². The molecule has 6 nitrogen and oxygen atoms in total. The summed E-state index contributed by atoms with van der Waals surface area (Å²) in [6.45, 7) is 5.22. The van der Waals surface area contributed by atoms with Gasteiger partial charge in [0.2, 0.25) is 5.95 Å². The number of likely N-dealkylation sites (tertiary alicyclic amines) is 1. The van der Waals surface area contributed by atoms with Gasteiger partial charge < -0.3 is 10.6 Å². The molecule has 0 aromatic carbocycles. The second-order valence-corrected chi connectivity index (χ2v) is 5.38. The first-order valence-electron chi connectivity index (χ1n) is 6.40. The van der Waals surface area contributed by atoms with Crippen LogP contribution >= 0.6 is 0 Å². The van der Waals surface area contributed by atoms with E-state index in [1.54, 1.807) is 0 Å². The summed E-state index contributed by atoms with van der Waals surface area (Å²) in [5.74, 6) is 1.26. The summed E-state index contributed by atoms with van der Waals surface area (Å²) in [6, 6.07) is 0. The van der Waals surface area contributed by atoms with Crippen LogP contribution < -0.4 is 5.73 Å². The number of fused-ring (bicyclic) bond motifs is 1. The fraction of sp³-hybridized carbons (Fsp3) is 0.667. The lowest BCUT2D eigenvalue weighted by Gasteiger charge is -2.13. The zero-order chi connectivity index (χ0) is 12.9. The van der Waals surface area contributed by atoms with Crippen molar-refractivity contribution in [2.45, 2.75) is 19.9 Å². The molecular formula is C12H20N6. The molecule has 3 heterocycles. The van der Waals surface area contributed by atoms with Crippen molar-refractivity contribution in [2.24, 2.45) is 13.0 Å². The van der Waals surface area contributed by atoms with Gasteiger partial charge in [-0.3, -0.25) is 9.25 Å². The Bertz CT molecular complexity index is 581. The lowest BCUT2D eigenvalue weighted by atomic mass is 10.1. The molecule has 1 unspecified atom stereocenters. The Balaban J connectivity index is 1.98. The molecule has 1 aliphatic heterocycles. The third kappa shape index (κ3) is 1.68. The Hall–Kier alpha value is -1.56. The largest absolute Gasteiger partial charge is 0.369 e. The number of nitrogen functional groups attached to an aromatic ring is 1. The number of hydrogen-bond donors (Lipinski definition) is 1. The van der Waals surface area contributed by atoms with E-state index < -0.39 is 0 Å². The summed E-state index contributed by atoms with van der Waals surface area (Å²) in [4.78, 5) is 6.80. The monoisotopic (exact) mass is 248 g/mol. The Labute approximate surface area is 106 Å². The van der Waals surface area contributed by atoms with Crippen molar-refractivity contribution >= 4 is 17.1 Å². The molecule has 0 saturated carbocycles. The summed E-state index contributed by atoms with van der Waals surface area (Å²) in [7, 11) is 4.12. The first-order valence-corrected chi connectivity index (χ1v) is 6.40. The highest BCUT2D eigenvalue weighted by atomic mass is 15.3. The SMILES string of the molecule is Cc1nn(C)c2c1nc(N)n2CC1CCN(C)C1. The molecule has 6 heteroatoms. The molecule has 18 heavy (non-hydrogen) atoms. The predicted octanol–water partition coefficient (Wildman–Crippen LogP) is 0.612. The Morgan fingerprint density at radius 2 is 2.17 bits per heavy atom. The predicted molar refractivity (Wildman–Crippen MR) is 71.3 cm³/mol. The van der Waals surface area contributed by atoms with E-state index >= 15 is 0 Å². The fourth-order valence-electron chi connectivity index (χ4n) is 2.97. The lowest BCUT2D eigenvalue weighted by Crippen LogP contribution is -2.18. The Kier molecular flexibility index (Phi) is 2.55. The highest BCUT2D eigenvalue weighted by Crippen LogP contribution is 2.24.